The number of esters is 1. The Kier molecular flexibility index (Phi) is 7.93. The first-order valence-corrected chi connectivity index (χ1v) is 15.6. The highest BCUT2D eigenvalue weighted by molar-refractivity contribution is 5.80. The molecule has 45 heavy (non-hydrogen) atoms. The molecule has 0 aliphatic heterocycles. The summed E-state index contributed by atoms with van der Waals surface area (Å²) in [6.45, 7) is 10.5. The van der Waals surface area contributed by atoms with E-state index >= 15 is 4.39 Å². The van der Waals surface area contributed by atoms with E-state index in [4.69, 9.17) is 14.2 Å². The highest BCUT2D eigenvalue weighted by atomic mass is 19.1. The molecule has 0 amide bonds. The second-order valence-corrected chi connectivity index (χ2v) is 14.2. The van der Waals surface area contributed by atoms with Crippen LogP contribution in [0.4, 0.5) is 8.78 Å². The average Bonchev–Trinajstić information content (AvgIpc) is 3.51. The van der Waals surface area contributed by atoms with E-state index in [0.29, 0.717) is 30.0 Å². The van der Waals surface area contributed by atoms with Crippen molar-refractivity contribution in [2.45, 2.75) is 90.6 Å². The molecule has 0 saturated heterocycles. The van der Waals surface area contributed by atoms with Crippen LogP contribution < -0.4 is 9.47 Å². The van der Waals surface area contributed by atoms with Crippen LogP contribution in [0.25, 0.3) is 11.1 Å². The Balaban J connectivity index is 1.13. The molecule has 0 radical (unpaired) electrons. The molecule has 1 heterocycles. The van der Waals surface area contributed by atoms with Gasteiger partial charge in [-0.05, 0) is 119 Å². The Bertz CT molecular complexity index is 1620. The van der Waals surface area contributed by atoms with E-state index in [1.54, 1.807) is 13.1 Å². The predicted molar refractivity (Wildman–Crippen MR) is 164 cm³/mol. The Labute approximate surface area is 262 Å². The van der Waals surface area contributed by atoms with Gasteiger partial charge < -0.3 is 24.4 Å². The number of fused-ring (bicyclic) bond motifs is 3. The number of rotatable bonds is 9. The summed E-state index contributed by atoms with van der Waals surface area (Å²) in [7, 11) is 0. The molecule has 9 heteroatoms. The quantitative estimate of drug-likeness (QED) is 0.269. The molecule has 0 spiro atoms. The standard InChI is InChI=1S/C36H41F2NO6/c1-18-7-23(44-24-12-22(13-24)36(6,42)17-40)8-19(2)31(18)25-10-21(28(37)14-29(25)38)16-43-30-11-20-9-26-32(27(20)15-39-30)33(26)34(41)45-35(3,4)5/h7-8,10-11,14-15,22,24,26,32-33,40,42H,9,12-13,16-17H2,1-6H3/t22-,24+,26-,32-,33+,36-/m1/s1. The third-order valence-corrected chi connectivity index (χ3v) is 9.55. The van der Waals surface area contributed by atoms with E-state index in [2.05, 4.69) is 4.98 Å². The van der Waals surface area contributed by atoms with E-state index in [-0.39, 0.29) is 60.1 Å². The van der Waals surface area contributed by atoms with Crippen LogP contribution in [0.1, 0.15) is 74.3 Å². The number of hydrogen-bond acceptors (Lipinski definition) is 7. The van der Waals surface area contributed by atoms with Gasteiger partial charge >= 0.3 is 5.97 Å². The Morgan fingerprint density at radius 2 is 1.71 bits per heavy atom. The summed E-state index contributed by atoms with van der Waals surface area (Å²) in [6.07, 6.45) is 3.67. The molecular weight excluding hydrogens is 580 g/mol. The first-order valence-electron chi connectivity index (χ1n) is 15.6. The molecular formula is C36H41F2NO6. The van der Waals surface area contributed by atoms with Gasteiger partial charge in [-0.1, -0.05) is 0 Å². The summed E-state index contributed by atoms with van der Waals surface area (Å²) in [4.78, 5) is 17.0. The van der Waals surface area contributed by atoms with Crippen LogP contribution in [0.5, 0.6) is 11.6 Å². The first-order chi connectivity index (χ1) is 21.1. The Morgan fingerprint density at radius 1 is 1.02 bits per heavy atom. The number of aromatic nitrogens is 1. The SMILES string of the molecule is Cc1cc(O[C@H]2C[C@@H]([C@](C)(O)CO)C2)cc(C)c1-c1cc(COc2cc3c(cn2)[C@H]2[C@@H](C3)[C@@H]2C(=O)OC(C)(C)C)c(F)cc1F. The number of aliphatic hydroxyl groups is 2. The zero-order valence-corrected chi connectivity index (χ0v) is 26.6. The number of carbonyl (C=O) groups is 1. The van der Waals surface area contributed by atoms with Gasteiger partial charge in [0.2, 0.25) is 5.88 Å². The molecule has 4 atom stereocenters. The first kappa shape index (κ1) is 31.4. The smallest absolute Gasteiger partial charge is 0.310 e. The highest BCUT2D eigenvalue weighted by Crippen LogP contribution is 2.62. The van der Waals surface area contributed by atoms with E-state index in [1.165, 1.54) is 6.07 Å². The van der Waals surface area contributed by atoms with Crippen LogP contribution in [0.15, 0.2) is 36.5 Å². The van der Waals surface area contributed by atoms with Gasteiger partial charge in [0.25, 0.3) is 0 Å². The summed E-state index contributed by atoms with van der Waals surface area (Å²) in [5.74, 6) is -0.385. The lowest BCUT2D eigenvalue weighted by Gasteiger charge is -2.43. The van der Waals surface area contributed by atoms with Crippen molar-refractivity contribution in [3.63, 3.8) is 0 Å². The molecule has 240 valence electrons. The van der Waals surface area contributed by atoms with Crippen molar-refractivity contribution in [1.29, 1.82) is 0 Å². The fourth-order valence-electron chi connectivity index (χ4n) is 6.99. The van der Waals surface area contributed by atoms with E-state index < -0.39 is 22.8 Å². The van der Waals surface area contributed by atoms with E-state index in [9.17, 15) is 19.4 Å². The third kappa shape index (κ3) is 6.17. The number of benzene rings is 2. The largest absolute Gasteiger partial charge is 0.490 e. The molecule has 6 rings (SSSR count). The molecule has 3 aliphatic rings. The molecule has 2 N–H and O–H groups in total. The second-order valence-electron chi connectivity index (χ2n) is 14.2. The van der Waals surface area contributed by atoms with Gasteiger partial charge in [0.15, 0.2) is 0 Å². The van der Waals surface area contributed by atoms with Crippen molar-refractivity contribution in [3.8, 4) is 22.8 Å². The second kappa shape index (κ2) is 11.4. The van der Waals surface area contributed by atoms with Crippen molar-refractivity contribution in [2.24, 2.45) is 17.8 Å². The zero-order chi connectivity index (χ0) is 32.4. The maximum absolute atomic E-state index is 15.2. The van der Waals surface area contributed by atoms with Crippen molar-refractivity contribution >= 4 is 5.97 Å². The molecule has 0 unspecified atom stereocenters. The number of pyridine rings is 1. The fourth-order valence-corrected chi connectivity index (χ4v) is 6.99. The summed E-state index contributed by atoms with van der Waals surface area (Å²) < 4.78 is 47.7. The van der Waals surface area contributed by atoms with Crippen LogP contribution in [0.3, 0.4) is 0 Å². The molecule has 2 fully saturated rings. The maximum atomic E-state index is 15.2. The van der Waals surface area contributed by atoms with Gasteiger partial charge in [-0.3, -0.25) is 4.79 Å². The lowest BCUT2D eigenvalue weighted by molar-refractivity contribution is -0.157. The van der Waals surface area contributed by atoms with Crippen molar-refractivity contribution < 1.29 is 38.0 Å². The minimum Gasteiger partial charge on any atom is -0.490 e. The number of nitrogens with zero attached hydrogens (tertiary/aromatic N) is 1. The average molecular weight is 622 g/mol. The van der Waals surface area contributed by atoms with Crippen LogP contribution in [0, 0.1) is 43.2 Å². The summed E-state index contributed by atoms with van der Waals surface area (Å²) in [6, 6.07) is 7.90. The molecule has 0 bridgehead atoms. The number of hydrogen-bond donors (Lipinski definition) is 2. The zero-order valence-electron chi connectivity index (χ0n) is 26.6. The number of ether oxygens (including phenoxy) is 3. The van der Waals surface area contributed by atoms with Gasteiger partial charge in [-0.25, -0.2) is 13.8 Å². The lowest BCUT2D eigenvalue weighted by Crippen LogP contribution is -2.49. The van der Waals surface area contributed by atoms with Gasteiger partial charge in [-0.15, -0.1) is 0 Å². The van der Waals surface area contributed by atoms with Gasteiger partial charge in [0.05, 0.1) is 24.2 Å². The van der Waals surface area contributed by atoms with E-state index in [0.717, 1.165) is 34.7 Å². The van der Waals surface area contributed by atoms with Gasteiger partial charge in [0.1, 0.15) is 29.6 Å². The summed E-state index contributed by atoms with van der Waals surface area (Å²) in [5.41, 5.74) is 3.15. The maximum Gasteiger partial charge on any atom is 0.310 e. The topological polar surface area (TPSA) is 98.1 Å². The Hall–Kier alpha value is -3.56. The van der Waals surface area contributed by atoms with Crippen molar-refractivity contribution in [3.05, 3.63) is 76.0 Å². The van der Waals surface area contributed by atoms with Crippen LogP contribution in [0.2, 0.25) is 0 Å². The highest BCUT2D eigenvalue weighted by Gasteiger charge is 2.61. The number of carbonyl (C=O) groups excluding carboxylic acids is 1. The fraction of sp³-hybridized carbons (Fsp3) is 0.500. The molecule has 3 aromatic rings. The lowest BCUT2D eigenvalue weighted by atomic mass is 9.72. The van der Waals surface area contributed by atoms with Crippen LogP contribution in [-0.4, -0.2) is 45.1 Å². The molecule has 2 aromatic carbocycles. The third-order valence-electron chi connectivity index (χ3n) is 9.55. The normalized spacial score (nSPS) is 24.6. The Morgan fingerprint density at radius 3 is 2.36 bits per heavy atom. The monoisotopic (exact) mass is 621 g/mol. The molecule has 7 nitrogen and oxygen atoms in total. The molecule has 1 aromatic heterocycles. The minimum absolute atomic E-state index is 0.0305. The predicted octanol–water partition coefficient (Wildman–Crippen LogP) is 6.35. The van der Waals surface area contributed by atoms with Crippen molar-refractivity contribution in [2.75, 3.05) is 6.61 Å². The molecule has 3 aliphatic carbocycles. The number of aryl methyl sites for hydroxylation is 2. The van der Waals surface area contributed by atoms with Crippen molar-refractivity contribution in [1.82, 2.24) is 4.98 Å². The number of aliphatic hydroxyl groups excluding tert-OH is 1. The van der Waals surface area contributed by atoms with Gasteiger partial charge in [0, 0.05) is 35.4 Å². The summed E-state index contributed by atoms with van der Waals surface area (Å²) >= 11 is 0. The van der Waals surface area contributed by atoms with Gasteiger partial charge in [-0.2, -0.15) is 0 Å². The molecule has 2 saturated carbocycles. The van der Waals surface area contributed by atoms with Crippen LogP contribution in [-0.2, 0) is 22.6 Å². The van der Waals surface area contributed by atoms with E-state index in [1.807, 2.05) is 52.8 Å². The van der Waals surface area contributed by atoms with Crippen LogP contribution >= 0.6 is 0 Å². The minimum atomic E-state index is -1.12. The summed E-state index contributed by atoms with van der Waals surface area (Å²) in [5, 5.41) is 19.6. The number of halogens is 2.